The first-order valence-electron chi connectivity index (χ1n) is 8.29. The number of hydrogen-bond donors (Lipinski definition) is 3. The Morgan fingerprint density at radius 1 is 1.14 bits per heavy atom. The Hall–Kier alpha value is -2.41. The van der Waals surface area contributed by atoms with Crippen LogP contribution in [0.3, 0.4) is 0 Å². The number of carboxylic acids is 1. The van der Waals surface area contributed by atoms with Gasteiger partial charge < -0.3 is 10.4 Å². The number of nitrogens with one attached hydrogen (secondary N) is 2. The average molecular weight is 437 g/mol. The molecular weight excluding hydrogens is 419 g/mol. The van der Waals surface area contributed by atoms with Crippen molar-refractivity contribution in [1.82, 2.24) is 5.32 Å². The van der Waals surface area contributed by atoms with Crippen molar-refractivity contribution in [3.63, 3.8) is 0 Å². The Balaban J connectivity index is 2.03. The summed E-state index contributed by atoms with van der Waals surface area (Å²) < 4.78 is 0. The van der Waals surface area contributed by atoms with Crippen LogP contribution in [0.4, 0.5) is 5.69 Å². The van der Waals surface area contributed by atoms with Crippen molar-refractivity contribution in [2.75, 3.05) is 5.32 Å². The van der Waals surface area contributed by atoms with Gasteiger partial charge in [0.15, 0.2) is 5.11 Å². The highest BCUT2D eigenvalue weighted by molar-refractivity contribution is 7.80. The summed E-state index contributed by atoms with van der Waals surface area (Å²) in [6.07, 6.45) is 2.99. The summed E-state index contributed by atoms with van der Waals surface area (Å²) in [7, 11) is 0. The highest BCUT2D eigenvalue weighted by Crippen LogP contribution is 2.30. The van der Waals surface area contributed by atoms with Crippen LogP contribution in [-0.2, 0) is 4.79 Å². The molecule has 0 radical (unpaired) electrons. The molecule has 8 heteroatoms. The lowest BCUT2D eigenvalue weighted by Crippen LogP contribution is -2.33. The van der Waals surface area contributed by atoms with E-state index < -0.39 is 11.9 Å². The number of halogens is 2. The molecule has 0 bridgehead atoms. The summed E-state index contributed by atoms with van der Waals surface area (Å²) in [5.41, 5.74) is 1.97. The summed E-state index contributed by atoms with van der Waals surface area (Å²) in [4.78, 5) is 23.4. The monoisotopic (exact) mass is 436 g/mol. The van der Waals surface area contributed by atoms with E-state index in [4.69, 9.17) is 35.4 Å². The second kappa shape index (κ2) is 9.68. The van der Waals surface area contributed by atoms with Gasteiger partial charge in [0.25, 0.3) is 0 Å². The van der Waals surface area contributed by atoms with Crippen LogP contribution in [0, 0.1) is 0 Å². The van der Waals surface area contributed by atoms with E-state index in [9.17, 15) is 14.7 Å². The molecule has 2 aromatic rings. The van der Waals surface area contributed by atoms with Crippen molar-refractivity contribution in [3.8, 4) is 0 Å². The highest BCUT2D eigenvalue weighted by atomic mass is 35.5. The van der Waals surface area contributed by atoms with Gasteiger partial charge in [-0.1, -0.05) is 61.3 Å². The SMILES string of the molecule is CC(C)c1ccc(/C=C/C(=O)NC(=S)Nc2c(Cl)cc(Cl)cc2C(=O)O)cc1. The summed E-state index contributed by atoms with van der Waals surface area (Å²) in [6.45, 7) is 4.21. The molecule has 0 atom stereocenters. The number of hydrogen-bond acceptors (Lipinski definition) is 3. The number of anilines is 1. The van der Waals surface area contributed by atoms with Crippen LogP contribution in [0.5, 0.6) is 0 Å². The summed E-state index contributed by atoms with van der Waals surface area (Å²) in [6, 6.07) is 10.5. The van der Waals surface area contributed by atoms with Crippen LogP contribution in [0.2, 0.25) is 10.0 Å². The van der Waals surface area contributed by atoms with Gasteiger partial charge in [0.2, 0.25) is 5.91 Å². The third kappa shape index (κ3) is 6.05. The second-order valence-corrected chi connectivity index (χ2v) is 7.47. The Bertz CT molecular complexity index is 941. The van der Waals surface area contributed by atoms with Gasteiger partial charge in [0.05, 0.1) is 16.3 Å². The minimum absolute atomic E-state index is 0.0529. The molecular formula is C20H18Cl2N2O3S. The Kier molecular flexibility index (Phi) is 7.57. The van der Waals surface area contributed by atoms with E-state index in [1.807, 2.05) is 24.3 Å². The first-order valence-corrected chi connectivity index (χ1v) is 9.46. The van der Waals surface area contributed by atoms with Crippen molar-refractivity contribution in [2.24, 2.45) is 0 Å². The zero-order valence-electron chi connectivity index (χ0n) is 15.1. The fraction of sp³-hybridized carbons (Fsp3) is 0.150. The Morgan fingerprint density at radius 3 is 2.36 bits per heavy atom. The molecule has 0 aliphatic carbocycles. The number of carbonyl (C=O) groups excluding carboxylic acids is 1. The van der Waals surface area contributed by atoms with Crippen molar-refractivity contribution in [1.29, 1.82) is 0 Å². The van der Waals surface area contributed by atoms with E-state index in [1.165, 1.54) is 23.8 Å². The molecule has 28 heavy (non-hydrogen) atoms. The summed E-state index contributed by atoms with van der Waals surface area (Å²) >= 11 is 16.9. The third-order valence-corrected chi connectivity index (χ3v) is 4.51. The maximum absolute atomic E-state index is 12.1. The molecule has 0 saturated carbocycles. The number of thiocarbonyl (C=S) groups is 1. The maximum Gasteiger partial charge on any atom is 0.337 e. The Labute approximate surface area is 178 Å². The minimum Gasteiger partial charge on any atom is -0.478 e. The van der Waals surface area contributed by atoms with Gasteiger partial charge in [-0.2, -0.15) is 0 Å². The van der Waals surface area contributed by atoms with E-state index in [0.29, 0.717) is 5.92 Å². The summed E-state index contributed by atoms with van der Waals surface area (Å²) in [5, 5.41) is 14.5. The standard InChI is InChI=1S/C20H18Cl2N2O3S/c1-11(2)13-6-3-12(4-7-13)5-8-17(25)23-20(28)24-18-15(19(26)27)9-14(21)10-16(18)22/h3-11H,1-2H3,(H,26,27)(H2,23,24,25,28)/b8-5+. The van der Waals surface area contributed by atoms with Crippen molar-refractivity contribution in [3.05, 3.63) is 69.2 Å². The van der Waals surface area contributed by atoms with Gasteiger partial charge in [-0.25, -0.2) is 4.79 Å². The smallest absolute Gasteiger partial charge is 0.337 e. The molecule has 2 rings (SSSR count). The number of benzene rings is 2. The van der Waals surface area contributed by atoms with Crippen LogP contribution < -0.4 is 10.6 Å². The summed E-state index contributed by atoms with van der Waals surface area (Å²) in [5.74, 6) is -1.27. The topological polar surface area (TPSA) is 78.4 Å². The van der Waals surface area contributed by atoms with Crippen LogP contribution >= 0.6 is 35.4 Å². The minimum atomic E-state index is -1.23. The fourth-order valence-corrected chi connectivity index (χ4v) is 3.07. The number of carbonyl (C=O) groups is 2. The van der Waals surface area contributed by atoms with Crippen LogP contribution in [0.1, 0.15) is 41.3 Å². The molecule has 0 unspecified atom stereocenters. The van der Waals surface area contributed by atoms with Gasteiger partial charge >= 0.3 is 5.97 Å². The lowest BCUT2D eigenvalue weighted by molar-refractivity contribution is -0.115. The Morgan fingerprint density at radius 2 is 1.79 bits per heavy atom. The molecule has 2 aromatic carbocycles. The van der Waals surface area contributed by atoms with Gasteiger partial charge in [0, 0.05) is 11.1 Å². The van der Waals surface area contributed by atoms with E-state index in [-0.39, 0.29) is 26.4 Å². The van der Waals surface area contributed by atoms with Crippen molar-refractivity contribution < 1.29 is 14.7 Å². The lowest BCUT2D eigenvalue weighted by atomic mass is 10.0. The second-order valence-electron chi connectivity index (χ2n) is 6.21. The van der Waals surface area contributed by atoms with Crippen LogP contribution in [0.15, 0.2) is 42.5 Å². The molecule has 0 fully saturated rings. The van der Waals surface area contributed by atoms with E-state index in [1.54, 1.807) is 6.08 Å². The highest BCUT2D eigenvalue weighted by Gasteiger charge is 2.16. The molecule has 0 spiro atoms. The predicted octanol–water partition coefficient (Wildman–Crippen LogP) is 5.34. The normalized spacial score (nSPS) is 10.9. The molecule has 3 N–H and O–H groups in total. The molecule has 0 aromatic heterocycles. The lowest BCUT2D eigenvalue weighted by Gasteiger charge is -2.13. The third-order valence-electron chi connectivity index (χ3n) is 3.79. The van der Waals surface area contributed by atoms with Gasteiger partial charge in [-0.05, 0) is 47.5 Å². The van der Waals surface area contributed by atoms with Crippen molar-refractivity contribution >= 4 is 64.2 Å². The van der Waals surface area contributed by atoms with E-state index in [0.717, 1.165) is 5.56 Å². The predicted molar refractivity (Wildman–Crippen MR) is 117 cm³/mol. The van der Waals surface area contributed by atoms with Crippen LogP contribution in [0.25, 0.3) is 6.08 Å². The average Bonchev–Trinajstić information content (AvgIpc) is 2.62. The molecule has 0 aliphatic heterocycles. The van der Waals surface area contributed by atoms with Crippen molar-refractivity contribution in [2.45, 2.75) is 19.8 Å². The zero-order chi connectivity index (χ0) is 20.8. The van der Waals surface area contributed by atoms with E-state index >= 15 is 0 Å². The molecule has 0 aliphatic rings. The first kappa shape index (κ1) is 21.9. The van der Waals surface area contributed by atoms with Gasteiger partial charge in [-0.3, -0.25) is 10.1 Å². The van der Waals surface area contributed by atoms with Gasteiger partial charge in [0.1, 0.15) is 0 Å². The van der Waals surface area contributed by atoms with Gasteiger partial charge in [-0.15, -0.1) is 0 Å². The zero-order valence-corrected chi connectivity index (χ0v) is 17.5. The maximum atomic E-state index is 12.1. The number of aromatic carboxylic acids is 1. The quantitative estimate of drug-likeness (QED) is 0.435. The molecule has 0 saturated heterocycles. The first-order chi connectivity index (χ1) is 13.2. The van der Waals surface area contributed by atoms with Crippen LogP contribution in [-0.4, -0.2) is 22.1 Å². The molecule has 146 valence electrons. The number of rotatable bonds is 5. The fourth-order valence-electron chi connectivity index (χ4n) is 2.33. The van der Waals surface area contributed by atoms with E-state index in [2.05, 4.69) is 24.5 Å². The largest absolute Gasteiger partial charge is 0.478 e. The number of carboxylic acid groups (broad SMARTS) is 1. The number of amides is 1. The molecule has 0 heterocycles. The molecule has 1 amide bonds. The molecule has 5 nitrogen and oxygen atoms in total.